The van der Waals surface area contributed by atoms with Gasteiger partial charge >= 0.3 is 19.8 Å². The van der Waals surface area contributed by atoms with Crippen molar-refractivity contribution >= 4 is 36.9 Å². The van der Waals surface area contributed by atoms with Crippen LogP contribution in [0.4, 0.5) is 5.95 Å². The fourth-order valence-electron chi connectivity index (χ4n) is 3.41. The van der Waals surface area contributed by atoms with Gasteiger partial charge in [-0.2, -0.15) is 9.97 Å². The number of ether oxygens (including phenoxy) is 3. The number of hydrogen-bond acceptors (Lipinski definition) is 13. The predicted molar refractivity (Wildman–Crippen MR) is 126 cm³/mol. The Morgan fingerprint density at radius 1 is 1.14 bits per heavy atom. The van der Waals surface area contributed by atoms with Crippen molar-refractivity contribution in [3.05, 3.63) is 6.33 Å². The maximum Gasteiger partial charge on any atom is 0.474 e. The third kappa shape index (κ3) is 7.68. The van der Waals surface area contributed by atoms with Crippen molar-refractivity contribution in [1.82, 2.24) is 19.5 Å². The lowest BCUT2D eigenvalue weighted by Crippen LogP contribution is -2.18. The molecule has 1 saturated heterocycles. The van der Waals surface area contributed by atoms with Crippen molar-refractivity contribution < 1.29 is 41.9 Å². The van der Waals surface area contributed by atoms with Crippen molar-refractivity contribution in [2.75, 3.05) is 32.2 Å². The van der Waals surface area contributed by atoms with Gasteiger partial charge in [0.15, 0.2) is 11.2 Å². The number of nitrogens with zero attached hydrogens (tertiary/aromatic N) is 4. The number of nitrogen functional groups attached to an aromatic ring is 1. The molecule has 2 aromatic heterocycles. The van der Waals surface area contributed by atoms with Gasteiger partial charge in [0, 0.05) is 13.3 Å². The molecule has 3 atom stereocenters. The standard InChI is InChI=1S/C21H32N5O9P/c1-4-6-17(28)30-10-11-32-36(29,31-9-5-2)33-12-15-7-8-16(35-15)26-13-23-18-19(26)24-21(22)25-20(18)34-14(3)27/h13,15-16H,4-12H2,1-3H3,(H2,22,24,25)/t15-,16+,36?/m0/s1. The van der Waals surface area contributed by atoms with E-state index in [4.69, 9.17) is 33.5 Å². The number of esters is 2. The number of fused-ring (bicyclic) bond motifs is 1. The summed E-state index contributed by atoms with van der Waals surface area (Å²) in [5.74, 6) is -1.02. The number of imidazole rings is 1. The van der Waals surface area contributed by atoms with Crippen LogP contribution in [0.2, 0.25) is 0 Å². The Balaban J connectivity index is 1.59. The molecular weight excluding hydrogens is 497 g/mol. The van der Waals surface area contributed by atoms with Gasteiger partial charge in [-0.15, -0.1) is 0 Å². The molecule has 2 aromatic rings. The van der Waals surface area contributed by atoms with Crippen LogP contribution in [0.15, 0.2) is 6.33 Å². The minimum absolute atomic E-state index is 0.0341. The van der Waals surface area contributed by atoms with Crippen LogP contribution < -0.4 is 10.5 Å². The van der Waals surface area contributed by atoms with E-state index in [9.17, 15) is 14.2 Å². The largest absolute Gasteiger partial charge is 0.474 e. The summed E-state index contributed by atoms with van der Waals surface area (Å²) in [6.45, 7) is 4.92. The van der Waals surface area contributed by atoms with E-state index in [1.54, 1.807) is 4.57 Å². The first kappa shape index (κ1) is 27.9. The molecule has 0 saturated carbocycles. The summed E-state index contributed by atoms with van der Waals surface area (Å²) in [5.41, 5.74) is 6.39. The molecule has 0 radical (unpaired) electrons. The molecule has 3 heterocycles. The van der Waals surface area contributed by atoms with Crippen LogP contribution in [-0.4, -0.2) is 64.0 Å². The zero-order valence-electron chi connectivity index (χ0n) is 20.6. The van der Waals surface area contributed by atoms with Crippen molar-refractivity contribution in [3.8, 4) is 5.88 Å². The summed E-state index contributed by atoms with van der Waals surface area (Å²) in [7, 11) is -3.89. The number of anilines is 1. The molecular formula is C21H32N5O9P. The van der Waals surface area contributed by atoms with Gasteiger partial charge in [0.1, 0.15) is 12.8 Å². The molecule has 1 unspecified atom stereocenters. The van der Waals surface area contributed by atoms with Gasteiger partial charge in [-0.3, -0.25) is 27.7 Å². The second-order valence-electron chi connectivity index (χ2n) is 7.97. The van der Waals surface area contributed by atoms with Gasteiger partial charge in [0.25, 0.3) is 5.88 Å². The first-order chi connectivity index (χ1) is 17.2. The maximum absolute atomic E-state index is 13.0. The average Bonchev–Trinajstić information content (AvgIpc) is 3.46. The number of nitrogens with two attached hydrogens (primary N) is 1. The number of hydrogen-bond donors (Lipinski definition) is 1. The normalized spacial score (nSPS) is 19.3. The van der Waals surface area contributed by atoms with Gasteiger partial charge in [0.2, 0.25) is 5.95 Å². The minimum atomic E-state index is -3.89. The van der Waals surface area contributed by atoms with E-state index in [2.05, 4.69) is 15.0 Å². The summed E-state index contributed by atoms with van der Waals surface area (Å²) in [6, 6.07) is 0. The molecule has 36 heavy (non-hydrogen) atoms. The number of carbonyl (C=O) groups is 2. The van der Waals surface area contributed by atoms with Gasteiger partial charge in [-0.25, -0.2) is 9.55 Å². The van der Waals surface area contributed by atoms with Gasteiger partial charge in [-0.05, 0) is 25.7 Å². The van der Waals surface area contributed by atoms with Crippen LogP contribution in [0.3, 0.4) is 0 Å². The van der Waals surface area contributed by atoms with Crippen LogP contribution >= 0.6 is 7.82 Å². The molecule has 200 valence electrons. The predicted octanol–water partition coefficient (Wildman–Crippen LogP) is 2.92. The first-order valence-electron chi connectivity index (χ1n) is 11.8. The fraction of sp³-hybridized carbons (Fsp3) is 0.667. The molecule has 0 aromatic carbocycles. The summed E-state index contributed by atoms with van der Waals surface area (Å²) >= 11 is 0. The van der Waals surface area contributed by atoms with E-state index in [-0.39, 0.29) is 49.7 Å². The Kier molecular flexibility index (Phi) is 10.1. The minimum Gasteiger partial charge on any atom is -0.463 e. The van der Waals surface area contributed by atoms with Crippen LogP contribution in [-0.2, 0) is 37.2 Å². The smallest absolute Gasteiger partial charge is 0.463 e. The van der Waals surface area contributed by atoms with E-state index in [0.717, 1.165) is 0 Å². The van der Waals surface area contributed by atoms with E-state index < -0.39 is 26.1 Å². The Labute approximate surface area is 208 Å². The van der Waals surface area contributed by atoms with E-state index >= 15 is 0 Å². The number of carbonyl (C=O) groups excluding carboxylic acids is 2. The van der Waals surface area contributed by atoms with Crippen molar-refractivity contribution in [2.45, 2.75) is 65.2 Å². The number of phosphoric acid groups is 1. The lowest BCUT2D eigenvalue weighted by atomic mass is 10.2. The van der Waals surface area contributed by atoms with Gasteiger partial charge in [-0.1, -0.05) is 13.8 Å². The molecule has 2 N–H and O–H groups in total. The quantitative estimate of drug-likeness (QED) is 0.215. The van der Waals surface area contributed by atoms with Gasteiger partial charge < -0.3 is 19.9 Å². The topological polar surface area (TPSA) is 176 Å². The molecule has 1 aliphatic heterocycles. The second-order valence-corrected chi connectivity index (χ2v) is 9.64. The third-order valence-corrected chi connectivity index (χ3v) is 6.43. The average molecular weight is 529 g/mol. The van der Waals surface area contributed by atoms with Crippen LogP contribution in [0, 0.1) is 0 Å². The van der Waals surface area contributed by atoms with Crippen LogP contribution in [0.1, 0.15) is 59.1 Å². The molecule has 14 nitrogen and oxygen atoms in total. The van der Waals surface area contributed by atoms with E-state index in [1.165, 1.54) is 13.3 Å². The number of aromatic nitrogens is 4. The van der Waals surface area contributed by atoms with Crippen molar-refractivity contribution in [2.24, 2.45) is 0 Å². The van der Waals surface area contributed by atoms with Crippen LogP contribution in [0.25, 0.3) is 11.2 Å². The SMILES string of the molecule is CCCOP(=O)(OCCOC(=O)CCC)OC[C@@H]1CC[C@H](n2cnc3c(OC(C)=O)nc(N)nc32)O1. The highest BCUT2D eigenvalue weighted by molar-refractivity contribution is 7.48. The highest BCUT2D eigenvalue weighted by Gasteiger charge is 2.33. The van der Waals surface area contributed by atoms with E-state index in [0.29, 0.717) is 37.8 Å². The lowest BCUT2D eigenvalue weighted by molar-refractivity contribution is -0.144. The first-order valence-corrected chi connectivity index (χ1v) is 13.2. The third-order valence-electron chi connectivity index (χ3n) is 4.96. The molecule has 0 bridgehead atoms. The Morgan fingerprint density at radius 3 is 2.64 bits per heavy atom. The zero-order valence-corrected chi connectivity index (χ0v) is 21.5. The summed E-state index contributed by atoms with van der Waals surface area (Å²) < 4.78 is 47.0. The molecule has 0 aliphatic carbocycles. The fourth-order valence-corrected chi connectivity index (χ4v) is 4.69. The number of rotatable bonds is 14. The summed E-state index contributed by atoms with van der Waals surface area (Å²) in [5, 5.41) is 0. The number of phosphoric ester groups is 1. The van der Waals surface area contributed by atoms with Crippen LogP contribution in [0.5, 0.6) is 5.88 Å². The molecule has 0 spiro atoms. The Hall–Kier alpha value is -2.64. The zero-order chi connectivity index (χ0) is 26.1. The Morgan fingerprint density at radius 2 is 1.92 bits per heavy atom. The molecule has 1 fully saturated rings. The molecule has 15 heteroatoms. The lowest BCUT2D eigenvalue weighted by Gasteiger charge is -2.20. The highest BCUT2D eigenvalue weighted by atomic mass is 31.2. The van der Waals surface area contributed by atoms with Gasteiger partial charge in [0.05, 0.1) is 32.3 Å². The monoisotopic (exact) mass is 529 g/mol. The maximum atomic E-state index is 13.0. The molecule has 1 aliphatic rings. The van der Waals surface area contributed by atoms with Crippen molar-refractivity contribution in [3.63, 3.8) is 0 Å². The second kappa shape index (κ2) is 13.1. The Bertz CT molecular complexity index is 1100. The summed E-state index contributed by atoms with van der Waals surface area (Å²) in [4.78, 5) is 35.2. The van der Waals surface area contributed by atoms with Crippen molar-refractivity contribution in [1.29, 1.82) is 0 Å². The molecule has 0 amide bonds. The molecule has 3 rings (SSSR count). The summed E-state index contributed by atoms with van der Waals surface area (Å²) in [6.07, 6.45) is 3.38. The highest BCUT2D eigenvalue weighted by Crippen LogP contribution is 2.50. The van der Waals surface area contributed by atoms with E-state index in [1.807, 2.05) is 13.8 Å².